The Morgan fingerprint density at radius 3 is 1.18 bits per heavy atom. The number of aromatic nitrogens is 9. The first-order valence-corrected chi connectivity index (χ1v) is 14.8. The minimum Gasteiger partial charge on any atom is -0.476 e. The zero-order valence-corrected chi connectivity index (χ0v) is 34.9. The molecule has 6 aromatic rings. The average molecular weight is 809 g/mol. The van der Waals surface area contributed by atoms with Crippen LogP contribution >= 0.6 is 0 Å². The predicted octanol–water partition coefficient (Wildman–Crippen LogP) is 0.344. The van der Waals surface area contributed by atoms with Crippen molar-refractivity contribution in [3.63, 3.8) is 0 Å². The van der Waals surface area contributed by atoms with Crippen molar-refractivity contribution >= 4 is 52.2 Å². The third kappa shape index (κ3) is 15.4. The van der Waals surface area contributed by atoms with Gasteiger partial charge in [-0.1, -0.05) is 0 Å². The van der Waals surface area contributed by atoms with E-state index < -0.39 is 17.8 Å². The number of halogens is 1. The van der Waals surface area contributed by atoms with Crippen molar-refractivity contribution < 1.29 is 103 Å². The fraction of sp³-hybridized carbons (Fsp3) is 0.219. The first-order valence-electron chi connectivity index (χ1n) is 14.8. The number of hydrogen-bond donors (Lipinski definition) is 4. The van der Waals surface area contributed by atoms with Gasteiger partial charge in [0.1, 0.15) is 18.8 Å². The normalized spacial score (nSPS) is 9.36. The predicted molar refractivity (Wildman–Crippen MR) is 190 cm³/mol. The third-order valence-corrected chi connectivity index (χ3v) is 5.99. The Labute approximate surface area is 360 Å². The largest absolute Gasteiger partial charge is 1.00 e. The van der Waals surface area contributed by atoms with E-state index >= 15 is 0 Å². The molecule has 0 atom stereocenters. The van der Waals surface area contributed by atoms with Crippen molar-refractivity contribution in [1.82, 2.24) is 44.3 Å². The summed E-state index contributed by atoms with van der Waals surface area (Å²) >= 11 is 0. The fourth-order valence-corrected chi connectivity index (χ4v) is 3.80. The summed E-state index contributed by atoms with van der Waals surface area (Å²) in [6.07, 6.45) is 11.6. The van der Waals surface area contributed by atoms with E-state index in [1.807, 2.05) is 0 Å². The second-order valence-corrected chi connectivity index (χ2v) is 10.2. The first-order chi connectivity index (χ1) is 25.6. The van der Waals surface area contributed by atoms with Gasteiger partial charge in [0.2, 0.25) is 0 Å². The average Bonchev–Trinajstić information content (AvgIpc) is 3.96. The van der Waals surface area contributed by atoms with Gasteiger partial charge in [0.25, 0.3) is 11.8 Å². The number of carboxylic acids is 1. The maximum absolute atomic E-state index is 11.7. The number of oxazole rings is 3. The van der Waals surface area contributed by atoms with Crippen molar-refractivity contribution in [2.24, 2.45) is 21.1 Å². The molecule has 0 aliphatic carbocycles. The summed E-state index contributed by atoms with van der Waals surface area (Å²) in [5.41, 5.74) is 7.58. The van der Waals surface area contributed by atoms with Crippen LogP contribution in [-0.2, 0) is 21.1 Å². The number of carbonyl (C=O) groups is 6. The molecular formula is C32H38FKN12O10. The number of nitrogens with two attached hydrogens (primary N) is 1. The van der Waals surface area contributed by atoms with Gasteiger partial charge in [0.05, 0.1) is 24.2 Å². The van der Waals surface area contributed by atoms with Gasteiger partial charge in [0, 0.05) is 60.5 Å². The smallest absolute Gasteiger partial charge is 0.476 e. The number of Topliss-reactive ketones (excluding diaryl/α,β-unsaturated/α-hetero) is 3. The topological polar surface area (TPSA) is 304 Å². The molecule has 0 aliphatic heterocycles. The van der Waals surface area contributed by atoms with Crippen molar-refractivity contribution in [2.75, 3.05) is 23.5 Å². The van der Waals surface area contributed by atoms with Gasteiger partial charge < -0.3 is 42.2 Å². The summed E-state index contributed by atoms with van der Waals surface area (Å²) in [5, 5.41) is 25.0. The summed E-state index contributed by atoms with van der Waals surface area (Å²) in [4.78, 5) is 77.3. The number of anilines is 3. The Hall–Kier alpha value is -5.95. The van der Waals surface area contributed by atoms with Crippen LogP contribution in [0.2, 0.25) is 0 Å². The number of ketones is 3. The third-order valence-electron chi connectivity index (χ3n) is 5.99. The monoisotopic (exact) mass is 808 g/mol. The van der Waals surface area contributed by atoms with E-state index in [4.69, 9.17) is 19.7 Å². The summed E-state index contributed by atoms with van der Waals surface area (Å²) in [7, 11) is 5.55. The summed E-state index contributed by atoms with van der Waals surface area (Å²) in [6.45, 7) is 4.21. The number of carboxylic acid groups (broad SMARTS) is 1. The van der Waals surface area contributed by atoms with Gasteiger partial charge in [0.15, 0.2) is 70.7 Å². The summed E-state index contributed by atoms with van der Waals surface area (Å²) < 4.78 is 27.7. The van der Waals surface area contributed by atoms with Crippen molar-refractivity contribution in [3.05, 3.63) is 98.2 Å². The molecule has 22 nitrogen and oxygen atoms in total. The molecule has 2 amide bonds. The first kappa shape index (κ1) is 50.0. The van der Waals surface area contributed by atoms with Crippen molar-refractivity contribution in [3.8, 4) is 0 Å². The van der Waals surface area contributed by atoms with Crippen LogP contribution in [0.15, 0.2) is 69.8 Å². The molecule has 0 radical (unpaired) electrons. The van der Waals surface area contributed by atoms with E-state index in [0.29, 0.717) is 29.9 Å². The Kier molecular flexibility index (Phi) is 21.9. The van der Waals surface area contributed by atoms with E-state index in [9.17, 15) is 33.2 Å². The van der Waals surface area contributed by atoms with Crippen LogP contribution in [0, 0.1) is 7.43 Å². The number of amides is 2. The molecule has 0 aromatic carbocycles. The van der Waals surface area contributed by atoms with E-state index in [-0.39, 0.29) is 105 Å². The number of alkyl halides is 1. The van der Waals surface area contributed by atoms with Gasteiger partial charge in [-0.2, -0.15) is 15.3 Å². The van der Waals surface area contributed by atoms with Crippen LogP contribution in [-0.4, -0.2) is 91.7 Å². The van der Waals surface area contributed by atoms with Gasteiger partial charge in [-0.3, -0.25) is 42.4 Å². The van der Waals surface area contributed by atoms with E-state index in [1.165, 1.54) is 47.3 Å². The minimum absolute atomic E-state index is 0. The number of hydrogen-bond acceptors (Lipinski definition) is 16. The Morgan fingerprint density at radius 2 is 0.946 bits per heavy atom. The molecule has 0 spiro atoms. The summed E-state index contributed by atoms with van der Waals surface area (Å²) in [6, 6.07) is 0. The Balaban J connectivity index is 0.000000729. The number of carbonyl (C=O) groups excluding carboxylic acids is 5. The van der Waals surface area contributed by atoms with Gasteiger partial charge in [-0.25, -0.2) is 19.7 Å². The molecule has 0 aliphatic rings. The molecule has 6 aromatic heterocycles. The Bertz CT molecular complexity index is 2050. The zero-order chi connectivity index (χ0) is 40.5. The molecule has 0 saturated heterocycles. The number of nitrogens with one attached hydrogen (secondary N) is 2. The Morgan fingerprint density at radius 1 is 0.625 bits per heavy atom. The van der Waals surface area contributed by atoms with Crippen LogP contribution < -0.4 is 67.8 Å². The number of aryl methyl sites for hydroxylation is 3. The molecule has 24 heteroatoms. The SMILES string of the molecule is CC(=O)c1nn(C)cc1N.CC(=O)c1nn(C)cc1NC(=O)c1cocn1.CC(=O)c1nn(C)cc1NC(=O)c1cocn1.CF.O=C(O)c1cocn1.[CH3-].[K+]. The number of nitrogen functional groups attached to an aromatic ring is 1. The van der Waals surface area contributed by atoms with E-state index in [2.05, 4.69) is 45.3 Å². The van der Waals surface area contributed by atoms with Crippen molar-refractivity contribution in [1.29, 1.82) is 0 Å². The molecule has 56 heavy (non-hydrogen) atoms. The molecule has 0 saturated carbocycles. The molecule has 0 fully saturated rings. The second-order valence-electron chi connectivity index (χ2n) is 10.2. The molecule has 294 valence electrons. The van der Waals surface area contributed by atoms with Crippen molar-refractivity contribution in [2.45, 2.75) is 20.8 Å². The number of aromatic carboxylic acids is 1. The van der Waals surface area contributed by atoms with Gasteiger partial charge >= 0.3 is 57.4 Å². The van der Waals surface area contributed by atoms with Crippen LogP contribution in [0.1, 0.15) is 83.7 Å². The molecule has 0 bridgehead atoms. The standard InChI is InChI=1S/2C10H10N4O3.C6H9N3O.C4H3NO3.CH3F.CH3.K/c2*1-6(15)9-7(3-14(2)13-9)12-10(16)8-4-17-5-11-8;1-4(10)6-5(7)3-9(2)8-6;6-4(7)3-1-8-2-5-3;1-2;;/h2*3-5H,1-2H3,(H,12,16);3H,7H2,1-2H3;1-2H,(H,6,7);1H3;1H3;/q;;;;;-1;+1. The van der Waals surface area contributed by atoms with E-state index in [1.54, 1.807) is 39.7 Å². The summed E-state index contributed by atoms with van der Waals surface area (Å²) in [5.74, 6) is -2.51. The van der Waals surface area contributed by atoms with Crippen LogP contribution in [0.4, 0.5) is 21.5 Å². The maximum Gasteiger partial charge on any atom is 1.00 e. The van der Waals surface area contributed by atoms with Crippen LogP contribution in [0.5, 0.6) is 0 Å². The molecule has 6 heterocycles. The second kappa shape index (κ2) is 24.5. The molecular weight excluding hydrogens is 771 g/mol. The maximum atomic E-state index is 11.7. The van der Waals surface area contributed by atoms with Gasteiger partial charge in [-0.15, -0.1) is 0 Å². The van der Waals surface area contributed by atoms with Crippen LogP contribution in [0.25, 0.3) is 0 Å². The van der Waals surface area contributed by atoms with Crippen LogP contribution in [0.3, 0.4) is 0 Å². The number of rotatable bonds is 8. The molecule has 6 rings (SSSR count). The number of nitrogens with zero attached hydrogens (tertiary/aromatic N) is 9. The van der Waals surface area contributed by atoms with E-state index in [0.717, 1.165) is 25.4 Å². The fourth-order valence-electron chi connectivity index (χ4n) is 3.80. The zero-order valence-electron chi connectivity index (χ0n) is 31.8. The molecule has 5 N–H and O–H groups in total. The quantitative estimate of drug-likeness (QED) is 0.0915. The molecule has 0 unspecified atom stereocenters. The minimum atomic E-state index is -1.07. The van der Waals surface area contributed by atoms with Gasteiger partial charge in [-0.05, 0) is 0 Å².